The van der Waals surface area contributed by atoms with Gasteiger partial charge in [-0.25, -0.2) is 14.8 Å². The lowest BCUT2D eigenvalue weighted by Crippen LogP contribution is -2.19. The summed E-state index contributed by atoms with van der Waals surface area (Å²) in [5.41, 5.74) is 7.68. The van der Waals surface area contributed by atoms with Crippen LogP contribution in [0, 0.1) is 5.82 Å². The van der Waals surface area contributed by atoms with Gasteiger partial charge in [0.1, 0.15) is 10.8 Å². The Bertz CT molecular complexity index is 1380. The second-order valence-electron chi connectivity index (χ2n) is 8.83. The zero-order valence-electron chi connectivity index (χ0n) is 19.9. The first kappa shape index (κ1) is 23.4. The first-order valence-electron chi connectivity index (χ1n) is 11.9. The number of aryl methyl sites for hydroxylation is 1. The van der Waals surface area contributed by atoms with Crippen LogP contribution in [-0.4, -0.2) is 39.2 Å². The minimum Gasteiger partial charge on any atom is -0.347 e. The van der Waals surface area contributed by atoms with Gasteiger partial charge in [-0.1, -0.05) is 12.1 Å². The molecule has 1 aliphatic rings. The number of nitrogens with zero attached hydrogens (tertiary/aromatic N) is 4. The maximum atomic E-state index is 13.2. The van der Waals surface area contributed by atoms with Gasteiger partial charge in [0.15, 0.2) is 0 Å². The molecule has 1 N–H and O–H groups in total. The largest absolute Gasteiger partial charge is 0.347 e. The number of likely N-dealkylation sites (tertiary alicyclic amines) is 1. The highest BCUT2D eigenvalue weighted by atomic mass is 32.1. The molecule has 0 saturated carbocycles. The summed E-state index contributed by atoms with van der Waals surface area (Å²) < 4.78 is 15.3. The lowest BCUT2D eigenvalue weighted by atomic mass is 10.1. The second kappa shape index (κ2) is 10.1. The quantitative estimate of drug-likeness (QED) is 0.269. The second-order valence-corrected chi connectivity index (χ2v) is 9.69. The van der Waals surface area contributed by atoms with Gasteiger partial charge in [0.2, 0.25) is 0 Å². The molecule has 0 bridgehead atoms. The van der Waals surface area contributed by atoms with E-state index in [4.69, 9.17) is 4.98 Å². The molecule has 2 aromatic heterocycles. The third kappa shape index (κ3) is 5.04. The van der Waals surface area contributed by atoms with Crippen LogP contribution in [0.25, 0.3) is 21.5 Å². The normalized spacial score (nSPS) is 14.7. The van der Waals surface area contributed by atoms with Gasteiger partial charge < -0.3 is 4.57 Å². The Morgan fingerprint density at radius 3 is 2.69 bits per heavy atom. The molecule has 1 fully saturated rings. The van der Waals surface area contributed by atoms with Crippen LogP contribution in [0.3, 0.4) is 0 Å². The van der Waals surface area contributed by atoms with E-state index in [1.807, 2.05) is 12.3 Å². The molecule has 6 nitrogen and oxygen atoms in total. The average molecular weight is 490 g/mol. The van der Waals surface area contributed by atoms with Crippen molar-refractivity contribution in [3.05, 3.63) is 76.7 Å². The molecule has 0 radical (unpaired) electrons. The molecule has 1 saturated heterocycles. The van der Waals surface area contributed by atoms with Crippen molar-refractivity contribution in [2.45, 2.75) is 39.8 Å². The highest BCUT2D eigenvalue weighted by Gasteiger charge is 2.18. The van der Waals surface area contributed by atoms with E-state index in [-0.39, 0.29) is 11.7 Å². The topological polar surface area (TPSA) is 62.5 Å². The average Bonchev–Trinajstić information content (AvgIpc) is 3.63. The lowest BCUT2D eigenvalue weighted by molar-refractivity contribution is 0.0956. The summed E-state index contributed by atoms with van der Waals surface area (Å²) in [7, 11) is 0. The van der Waals surface area contributed by atoms with Gasteiger partial charge in [-0.3, -0.25) is 9.69 Å². The number of benzene rings is 2. The van der Waals surface area contributed by atoms with Crippen molar-refractivity contribution in [1.29, 1.82) is 0 Å². The highest BCUT2D eigenvalue weighted by molar-refractivity contribution is 7.13. The van der Waals surface area contributed by atoms with Crippen LogP contribution in [0.1, 0.15) is 48.3 Å². The number of thiazole rings is 1. The number of hydrogen-bond donors (Lipinski definition) is 1. The summed E-state index contributed by atoms with van der Waals surface area (Å²) >= 11 is 1.64. The molecule has 0 atom stereocenters. The Morgan fingerprint density at radius 1 is 1.17 bits per heavy atom. The van der Waals surface area contributed by atoms with Crippen molar-refractivity contribution >= 4 is 33.9 Å². The fourth-order valence-electron chi connectivity index (χ4n) is 4.51. The number of aromatic nitrogens is 2. The van der Waals surface area contributed by atoms with Gasteiger partial charge in [-0.15, -0.1) is 11.3 Å². The predicted molar refractivity (Wildman–Crippen MR) is 139 cm³/mol. The van der Waals surface area contributed by atoms with Gasteiger partial charge in [-0.05, 0) is 75.7 Å². The molecule has 1 aliphatic heterocycles. The molecule has 180 valence electrons. The number of amides is 1. The molecule has 0 unspecified atom stereocenters. The number of hydrogen-bond acceptors (Lipinski definition) is 5. The van der Waals surface area contributed by atoms with Gasteiger partial charge >= 0.3 is 0 Å². The van der Waals surface area contributed by atoms with E-state index in [0.29, 0.717) is 11.3 Å². The Labute approximate surface area is 208 Å². The van der Waals surface area contributed by atoms with E-state index >= 15 is 0 Å². The molecule has 5 rings (SSSR count). The zero-order valence-corrected chi connectivity index (χ0v) is 20.7. The van der Waals surface area contributed by atoms with E-state index in [1.165, 1.54) is 25.0 Å². The Kier molecular flexibility index (Phi) is 6.74. The van der Waals surface area contributed by atoms with Crippen molar-refractivity contribution < 1.29 is 9.18 Å². The summed E-state index contributed by atoms with van der Waals surface area (Å²) in [6, 6.07) is 12.2. The Morgan fingerprint density at radius 2 is 1.94 bits per heavy atom. The van der Waals surface area contributed by atoms with Crippen molar-refractivity contribution in [3.63, 3.8) is 0 Å². The Balaban J connectivity index is 1.40. The van der Waals surface area contributed by atoms with Crippen molar-refractivity contribution in [2.75, 3.05) is 13.1 Å². The summed E-state index contributed by atoms with van der Waals surface area (Å²) in [6.45, 7) is 7.76. The first-order valence-corrected chi connectivity index (χ1v) is 12.8. The number of fused-ring (bicyclic) bond motifs is 1. The van der Waals surface area contributed by atoms with Crippen LogP contribution in [-0.2, 0) is 13.1 Å². The number of rotatable bonds is 7. The summed E-state index contributed by atoms with van der Waals surface area (Å²) in [6.07, 6.45) is 4.40. The van der Waals surface area contributed by atoms with Crippen LogP contribution in [0.4, 0.5) is 4.39 Å². The molecule has 1 amide bonds. The van der Waals surface area contributed by atoms with E-state index in [1.54, 1.807) is 30.4 Å². The maximum Gasteiger partial charge on any atom is 0.273 e. The van der Waals surface area contributed by atoms with E-state index in [0.717, 1.165) is 58.9 Å². The van der Waals surface area contributed by atoms with Crippen LogP contribution >= 0.6 is 11.3 Å². The van der Waals surface area contributed by atoms with Crippen molar-refractivity contribution in [2.24, 2.45) is 5.10 Å². The molecule has 8 heteroatoms. The third-order valence-electron chi connectivity index (χ3n) is 6.44. The first-order chi connectivity index (χ1) is 17.0. The van der Waals surface area contributed by atoms with E-state index < -0.39 is 0 Å². The van der Waals surface area contributed by atoms with Crippen LogP contribution in [0.2, 0.25) is 0 Å². The predicted octanol–water partition coefficient (Wildman–Crippen LogP) is 5.67. The molecule has 35 heavy (non-hydrogen) atoms. The van der Waals surface area contributed by atoms with Gasteiger partial charge in [0.25, 0.3) is 5.91 Å². The fourth-order valence-corrected chi connectivity index (χ4v) is 5.31. The smallest absolute Gasteiger partial charge is 0.273 e. The Hall–Kier alpha value is -3.36. The molecular formula is C27H28FN5OS. The van der Waals surface area contributed by atoms with E-state index in [2.05, 4.69) is 44.4 Å². The van der Waals surface area contributed by atoms with Crippen LogP contribution < -0.4 is 5.43 Å². The number of carbonyl (C=O) groups excluding carboxylic acids is 1. The van der Waals surface area contributed by atoms with Gasteiger partial charge in [0.05, 0.1) is 17.0 Å². The maximum absolute atomic E-state index is 13.2. The SMILES string of the molecule is CCn1cc(C(=O)N/N=C(\C)c2ccc(F)cc2)c2cc(-c3nc(CN4CCCC4)cs3)ccc21. The minimum atomic E-state index is -0.308. The van der Waals surface area contributed by atoms with Gasteiger partial charge in [-0.2, -0.15) is 5.10 Å². The monoisotopic (exact) mass is 489 g/mol. The molecule has 2 aromatic carbocycles. The molecule has 0 aliphatic carbocycles. The number of halogens is 1. The standard InChI is InChI=1S/C27H28FN5OS/c1-3-33-16-24(26(34)31-30-18(2)19-6-9-21(28)10-7-19)23-14-20(8-11-25(23)33)27-29-22(17-35-27)15-32-12-4-5-13-32/h6-11,14,16-17H,3-5,12-13,15H2,1-2H3,(H,31,34)/b30-18+. The number of carbonyl (C=O) groups is 1. The fraction of sp³-hybridized carbons (Fsp3) is 0.296. The number of nitrogens with one attached hydrogen (secondary N) is 1. The minimum absolute atomic E-state index is 0.283. The van der Waals surface area contributed by atoms with Crippen LogP contribution in [0.5, 0.6) is 0 Å². The van der Waals surface area contributed by atoms with Gasteiger partial charge in [0, 0.05) is 41.1 Å². The highest BCUT2D eigenvalue weighted by Crippen LogP contribution is 2.30. The summed E-state index contributed by atoms with van der Waals surface area (Å²) in [5, 5.41) is 8.21. The van der Waals surface area contributed by atoms with Crippen LogP contribution in [0.15, 0.2) is 59.1 Å². The molecular weight excluding hydrogens is 461 g/mol. The zero-order chi connectivity index (χ0) is 24.4. The summed E-state index contributed by atoms with van der Waals surface area (Å²) in [4.78, 5) is 20.4. The molecule has 3 heterocycles. The third-order valence-corrected chi connectivity index (χ3v) is 7.38. The van der Waals surface area contributed by atoms with Crippen molar-refractivity contribution in [3.8, 4) is 10.6 Å². The number of hydrazone groups is 1. The van der Waals surface area contributed by atoms with E-state index in [9.17, 15) is 9.18 Å². The summed E-state index contributed by atoms with van der Waals surface area (Å²) in [5.74, 6) is -0.591. The molecule has 0 spiro atoms. The lowest BCUT2D eigenvalue weighted by Gasteiger charge is -2.11. The molecule has 4 aromatic rings. The van der Waals surface area contributed by atoms with Crippen molar-refractivity contribution in [1.82, 2.24) is 19.9 Å².